The van der Waals surface area contributed by atoms with E-state index < -0.39 is 11.9 Å². The highest BCUT2D eigenvalue weighted by Crippen LogP contribution is 2.22. The average molecular weight is 211 g/mol. The minimum absolute atomic E-state index is 0.114. The van der Waals surface area contributed by atoms with Crippen LogP contribution in [0, 0.1) is 5.92 Å². The summed E-state index contributed by atoms with van der Waals surface area (Å²) >= 11 is 0. The smallest absolute Gasteiger partial charge is 0.306 e. The van der Waals surface area contributed by atoms with Gasteiger partial charge in [0.15, 0.2) is 0 Å². The van der Waals surface area contributed by atoms with Crippen LogP contribution in [0.1, 0.15) is 38.9 Å². The van der Waals surface area contributed by atoms with Crippen molar-refractivity contribution in [1.82, 2.24) is 14.8 Å². The zero-order valence-electron chi connectivity index (χ0n) is 9.34. The molecule has 0 radical (unpaired) electrons. The lowest BCUT2D eigenvalue weighted by atomic mass is 9.95. The molecule has 0 saturated heterocycles. The molecule has 15 heavy (non-hydrogen) atoms. The minimum Gasteiger partial charge on any atom is -0.481 e. The number of nitrogens with zero attached hydrogens (tertiary/aromatic N) is 3. The summed E-state index contributed by atoms with van der Waals surface area (Å²) in [4.78, 5) is 10.8. The highest BCUT2D eigenvalue weighted by molar-refractivity contribution is 5.70. The number of carboxylic acids is 1. The normalized spacial score (nSPS) is 14.9. The van der Waals surface area contributed by atoms with Crippen LogP contribution < -0.4 is 0 Å². The second-order valence-electron chi connectivity index (χ2n) is 3.80. The van der Waals surface area contributed by atoms with Gasteiger partial charge in [-0.1, -0.05) is 20.8 Å². The predicted molar refractivity (Wildman–Crippen MR) is 55.5 cm³/mol. The summed E-state index contributed by atoms with van der Waals surface area (Å²) in [7, 11) is 0. The Morgan fingerprint density at radius 1 is 1.60 bits per heavy atom. The van der Waals surface area contributed by atoms with E-state index in [1.54, 1.807) is 13.3 Å². The fourth-order valence-corrected chi connectivity index (χ4v) is 1.47. The van der Waals surface area contributed by atoms with Gasteiger partial charge in [-0.25, -0.2) is 0 Å². The zero-order valence-corrected chi connectivity index (χ0v) is 9.34. The highest BCUT2D eigenvalue weighted by Gasteiger charge is 2.24. The van der Waals surface area contributed by atoms with Gasteiger partial charge < -0.3 is 9.67 Å². The topological polar surface area (TPSA) is 68.0 Å². The van der Waals surface area contributed by atoms with E-state index in [0.29, 0.717) is 0 Å². The Bertz CT molecular complexity index is 335. The lowest BCUT2D eigenvalue weighted by molar-refractivity contribution is -0.141. The second kappa shape index (κ2) is 4.91. The number of hydrogen-bond acceptors (Lipinski definition) is 3. The Labute approximate surface area is 89.1 Å². The van der Waals surface area contributed by atoms with Crippen LogP contribution in [0.3, 0.4) is 0 Å². The number of hydrogen-bond donors (Lipinski definition) is 1. The standard InChI is InChI=1S/C10H17N3O2/c1-4-5-13-6-11-12-9(13)7(2)8(3)10(14)15/h6-8H,4-5H2,1-3H3,(H,14,15). The SMILES string of the molecule is CCCn1cnnc1C(C)C(C)C(=O)O. The van der Waals surface area contributed by atoms with Gasteiger partial charge in [-0.3, -0.25) is 4.79 Å². The van der Waals surface area contributed by atoms with Crippen LogP contribution in [-0.2, 0) is 11.3 Å². The molecular formula is C10H17N3O2. The molecule has 5 nitrogen and oxygen atoms in total. The van der Waals surface area contributed by atoms with Crippen LogP contribution in [0.25, 0.3) is 0 Å². The van der Waals surface area contributed by atoms with Crippen molar-refractivity contribution < 1.29 is 9.90 Å². The quantitative estimate of drug-likeness (QED) is 0.801. The number of aliphatic carboxylic acids is 1. The maximum Gasteiger partial charge on any atom is 0.306 e. The molecule has 1 heterocycles. The van der Waals surface area contributed by atoms with Crippen LogP contribution in [0.4, 0.5) is 0 Å². The summed E-state index contributed by atoms with van der Waals surface area (Å²) < 4.78 is 1.92. The molecule has 84 valence electrons. The molecular weight excluding hydrogens is 194 g/mol. The number of aryl methyl sites for hydroxylation is 1. The Kier molecular flexibility index (Phi) is 3.82. The largest absolute Gasteiger partial charge is 0.481 e. The molecule has 1 N–H and O–H groups in total. The van der Waals surface area contributed by atoms with Crippen molar-refractivity contribution in [2.45, 2.75) is 39.7 Å². The molecule has 1 aromatic heterocycles. The number of rotatable bonds is 5. The average Bonchev–Trinajstić information content (AvgIpc) is 2.64. The van der Waals surface area contributed by atoms with Gasteiger partial charge in [-0.05, 0) is 6.42 Å². The van der Waals surface area contributed by atoms with Gasteiger partial charge in [0.1, 0.15) is 12.2 Å². The van der Waals surface area contributed by atoms with Crippen molar-refractivity contribution in [3.05, 3.63) is 12.2 Å². The number of aromatic nitrogens is 3. The van der Waals surface area contributed by atoms with Crippen LogP contribution in [0.5, 0.6) is 0 Å². The molecule has 0 aliphatic carbocycles. The van der Waals surface area contributed by atoms with Crippen LogP contribution >= 0.6 is 0 Å². The first-order chi connectivity index (χ1) is 7.07. The molecule has 0 aromatic carbocycles. The van der Waals surface area contributed by atoms with Crippen molar-refractivity contribution in [2.24, 2.45) is 5.92 Å². The Hall–Kier alpha value is -1.39. The summed E-state index contributed by atoms with van der Waals surface area (Å²) in [6.07, 6.45) is 2.64. The minimum atomic E-state index is -0.798. The third-order valence-electron chi connectivity index (χ3n) is 2.66. The van der Waals surface area contributed by atoms with Gasteiger partial charge in [0.2, 0.25) is 0 Å². The van der Waals surface area contributed by atoms with E-state index in [-0.39, 0.29) is 5.92 Å². The molecule has 0 aliphatic heterocycles. The van der Waals surface area contributed by atoms with E-state index in [9.17, 15) is 4.79 Å². The van der Waals surface area contributed by atoms with Gasteiger partial charge in [0.05, 0.1) is 5.92 Å². The van der Waals surface area contributed by atoms with Crippen molar-refractivity contribution in [3.8, 4) is 0 Å². The van der Waals surface area contributed by atoms with Gasteiger partial charge in [-0.2, -0.15) is 0 Å². The molecule has 5 heteroatoms. The molecule has 0 saturated carbocycles. The van der Waals surface area contributed by atoms with E-state index in [1.165, 1.54) is 0 Å². The molecule has 0 spiro atoms. The molecule has 0 fully saturated rings. The summed E-state index contributed by atoms with van der Waals surface area (Å²) in [6, 6.07) is 0. The molecule has 0 bridgehead atoms. The second-order valence-corrected chi connectivity index (χ2v) is 3.80. The van der Waals surface area contributed by atoms with E-state index in [2.05, 4.69) is 17.1 Å². The lowest BCUT2D eigenvalue weighted by Gasteiger charge is -2.15. The molecule has 2 atom stereocenters. The van der Waals surface area contributed by atoms with Gasteiger partial charge in [0.25, 0.3) is 0 Å². The predicted octanol–water partition coefficient (Wildman–Crippen LogP) is 1.51. The summed E-state index contributed by atoms with van der Waals surface area (Å²) in [5.41, 5.74) is 0. The number of carboxylic acid groups (broad SMARTS) is 1. The molecule has 2 unspecified atom stereocenters. The van der Waals surface area contributed by atoms with Crippen LogP contribution in [0.2, 0.25) is 0 Å². The van der Waals surface area contributed by atoms with E-state index in [1.807, 2.05) is 11.5 Å². The monoisotopic (exact) mass is 211 g/mol. The molecule has 0 aliphatic rings. The third-order valence-corrected chi connectivity index (χ3v) is 2.66. The van der Waals surface area contributed by atoms with Gasteiger partial charge >= 0.3 is 5.97 Å². The Morgan fingerprint density at radius 2 is 2.27 bits per heavy atom. The fourth-order valence-electron chi connectivity index (χ4n) is 1.47. The number of carbonyl (C=O) groups is 1. The van der Waals surface area contributed by atoms with Crippen molar-refractivity contribution in [3.63, 3.8) is 0 Å². The Balaban J connectivity index is 2.85. The first-order valence-electron chi connectivity index (χ1n) is 5.18. The summed E-state index contributed by atoms with van der Waals surface area (Å²) in [6.45, 7) is 6.46. The highest BCUT2D eigenvalue weighted by atomic mass is 16.4. The first-order valence-corrected chi connectivity index (χ1v) is 5.18. The maximum absolute atomic E-state index is 10.8. The molecule has 1 rings (SSSR count). The molecule has 1 aromatic rings. The van der Waals surface area contributed by atoms with Crippen LogP contribution in [0.15, 0.2) is 6.33 Å². The van der Waals surface area contributed by atoms with E-state index in [0.717, 1.165) is 18.8 Å². The van der Waals surface area contributed by atoms with E-state index >= 15 is 0 Å². The zero-order chi connectivity index (χ0) is 11.4. The summed E-state index contributed by atoms with van der Waals surface area (Å²) in [5, 5.41) is 16.7. The summed E-state index contributed by atoms with van der Waals surface area (Å²) in [5.74, 6) is -0.596. The van der Waals surface area contributed by atoms with Crippen molar-refractivity contribution in [2.75, 3.05) is 0 Å². The molecule has 0 amide bonds. The van der Waals surface area contributed by atoms with Crippen LogP contribution in [-0.4, -0.2) is 25.8 Å². The Morgan fingerprint density at radius 3 is 2.80 bits per heavy atom. The van der Waals surface area contributed by atoms with Crippen molar-refractivity contribution >= 4 is 5.97 Å². The van der Waals surface area contributed by atoms with E-state index in [4.69, 9.17) is 5.11 Å². The fraction of sp³-hybridized carbons (Fsp3) is 0.700. The van der Waals surface area contributed by atoms with Gasteiger partial charge in [-0.15, -0.1) is 10.2 Å². The third kappa shape index (κ3) is 2.55. The maximum atomic E-state index is 10.8. The lowest BCUT2D eigenvalue weighted by Crippen LogP contribution is -2.20. The van der Waals surface area contributed by atoms with Gasteiger partial charge in [0, 0.05) is 12.5 Å². The van der Waals surface area contributed by atoms with Crippen molar-refractivity contribution in [1.29, 1.82) is 0 Å². The first kappa shape index (κ1) is 11.7.